The maximum atomic E-state index is 12.7. The number of thioether (sulfide) groups is 1. The highest BCUT2D eigenvalue weighted by atomic mass is 32.2. The van der Waals surface area contributed by atoms with Gasteiger partial charge in [0.05, 0.1) is 12.4 Å². The van der Waals surface area contributed by atoms with Crippen molar-refractivity contribution >= 4 is 17.7 Å². The Bertz CT molecular complexity index is 985. The molecule has 150 valence electrons. The number of carbonyl (C=O) groups excluding carboxylic acids is 1. The fourth-order valence-corrected chi connectivity index (χ4v) is 4.07. The van der Waals surface area contributed by atoms with Gasteiger partial charge in [-0.1, -0.05) is 48.2 Å². The number of nitrogens with one attached hydrogen (secondary N) is 1. The highest BCUT2D eigenvalue weighted by Gasteiger charge is 2.31. The first-order valence-corrected chi connectivity index (χ1v) is 10.6. The summed E-state index contributed by atoms with van der Waals surface area (Å²) in [5.41, 5.74) is 1.98. The fourth-order valence-electron chi connectivity index (χ4n) is 3.17. The first kappa shape index (κ1) is 19.5. The van der Waals surface area contributed by atoms with Gasteiger partial charge < -0.3 is 10.1 Å². The number of rotatable bonds is 8. The van der Waals surface area contributed by atoms with Gasteiger partial charge in [0.2, 0.25) is 5.91 Å². The van der Waals surface area contributed by atoms with E-state index >= 15 is 0 Å². The Morgan fingerprint density at radius 2 is 1.90 bits per heavy atom. The number of para-hydroxylation sites is 2. The molecule has 1 N–H and O–H groups in total. The van der Waals surface area contributed by atoms with Gasteiger partial charge in [0.15, 0.2) is 5.16 Å². The van der Waals surface area contributed by atoms with Crippen LogP contribution in [0.5, 0.6) is 5.75 Å². The van der Waals surface area contributed by atoms with E-state index in [-0.39, 0.29) is 11.2 Å². The van der Waals surface area contributed by atoms with Crippen molar-refractivity contribution in [2.45, 2.75) is 42.6 Å². The molecular weight excluding hydrogens is 384 g/mol. The van der Waals surface area contributed by atoms with E-state index in [4.69, 9.17) is 4.74 Å². The van der Waals surface area contributed by atoms with Gasteiger partial charge in [0.25, 0.3) is 0 Å². The van der Waals surface area contributed by atoms with E-state index in [2.05, 4.69) is 20.1 Å². The third-order valence-corrected chi connectivity index (χ3v) is 5.95. The Labute approximate surface area is 174 Å². The third kappa shape index (κ3) is 4.45. The summed E-state index contributed by atoms with van der Waals surface area (Å²) in [4.78, 5) is 12.7. The van der Waals surface area contributed by atoms with Crippen molar-refractivity contribution in [2.24, 2.45) is 0 Å². The molecule has 1 atom stereocenters. The summed E-state index contributed by atoms with van der Waals surface area (Å²) in [6.07, 6.45) is 2.29. The van der Waals surface area contributed by atoms with Crippen molar-refractivity contribution in [2.75, 3.05) is 7.11 Å². The number of methoxy groups -OCH3 is 1. The smallest absolute Gasteiger partial charge is 0.233 e. The number of amides is 1. The second-order valence-electron chi connectivity index (χ2n) is 7.08. The summed E-state index contributed by atoms with van der Waals surface area (Å²) in [7, 11) is 1.63. The van der Waals surface area contributed by atoms with E-state index in [1.807, 2.05) is 61.5 Å². The Kier molecular flexibility index (Phi) is 5.85. The Hall–Kier alpha value is -2.80. The lowest BCUT2D eigenvalue weighted by molar-refractivity contribution is -0.120. The van der Waals surface area contributed by atoms with Crippen LogP contribution < -0.4 is 10.1 Å². The Morgan fingerprint density at radius 1 is 1.17 bits per heavy atom. The lowest BCUT2D eigenvalue weighted by Gasteiger charge is -2.14. The van der Waals surface area contributed by atoms with E-state index in [1.54, 1.807) is 7.11 Å². The topological polar surface area (TPSA) is 69.0 Å². The zero-order valence-corrected chi connectivity index (χ0v) is 17.4. The lowest BCUT2D eigenvalue weighted by atomic mass is 10.2. The number of benzene rings is 2. The van der Waals surface area contributed by atoms with Crippen LogP contribution in [-0.4, -0.2) is 33.0 Å². The molecule has 1 aliphatic carbocycles. The fraction of sp³-hybridized carbons (Fsp3) is 0.318. The van der Waals surface area contributed by atoms with E-state index in [1.165, 1.54) is 11.8 Å². The molecule has 7 heteroatoms. The molecule has 1 heterocycles. The molecule has 0 saturated heterocycles. The zero-order chi connectivity index (χ0) is 20.2. The average Bonchev–Trinajstić information content (AvgIpc) is 3.53. The van der Waals surface area contributed by atoms with Crippen molar-refractivity contribution in [3.63, 3.8) is 0 Å². The predicted molar refractivity (Wildman–Crippen MR) is 113 cm³/mol. The second kappa shape index (κ2) is 8.69. The van der Waals surface area contributed by atoms with Crippen LogP contribution in [0.2, 0.25) is 0 Å². The molecule has 0 bridgehead atoms. The molecule has 0 aliphatic heterocycles. The van der Waals surface area contributed by atoms with E-state index in [0.29, 0.717) is 12.5 Å². The highest BCUT2D eigenvalue weighted by Crippen LogP contribution is 2.41. The van der Waals surface area contributed by atoms with Crippen LogP contribution in [0.3, 0.4) is 0 Å². The second-order valence-corrected chi connectivity index (χ2v) is 8.38. The van der Waals surface area contributed by atoms with Crippen molar-refractivity contribution in [3.05, 3.63) is 66.0 Å². The number of hydrogen-bond donors (Lipinski definition) is 1. The van der Waals surface area contributed by atoms with Crippen LogP contribution in [-0.2, 0) is 11.3 Å². The van der Waals surface area contributed by atoms with Gasteiger partial charge in [0.1, 0.15) is 11.6 Å². The van der Waals surface area contributed by atoms with E-state index < -0.39 is 0 Å². The van der Waals surface area contributed by atoms with Gasteiger partial charge in [-0.2, -0.15) is 0 Å². The Balaban J connectivity index is 1.47. The van der Waals surface area contributed by atoms with Crippen LogP contribution in [0.1, 0.15) is 37.1 Å². The summed E-state index contributed by atoms with van der Waals surface area (Å²) < 4.78 is 7.44. The van der Waals surface area contributed by atoms with Gasteiger partial charge >= 0.3 is 0 Å². The van der Waals surface area contributed by atoms with Crippen LogP contribution in [0.4, 0.5) is 0 Å². The number of hydrogen-bond acceptors (Lipinski definition) is 5. The monoisotopic (exact) mass is 408 g/mol. The molecule has 0 spiro atoms. The summed E-state index contributed by atoms with van der Waals surface area (Å²) >= 11 is 1.43. The van der Waals surface area contributed by atoms with Crippen LogP contribution in [0.25, 0.3) is 5.69 Å². The van der Waals surface area contributed by atoms with Crippen LogP contribution in [0.15, 0.2) is 59.8 Å². The molecule has 0 radical (unpaired) electrons. The predicted octanol–water partition coefficient (Wildman–Crippen LogP) is 3.95. The maximum Gasteiger partial charge on any atom is 0.233 e. The third-order valence-electron chi connectivity index (χ3n) is 4.91. The molecule has 1 fully saturated rings. The standard InChI is InChI=1S/C22H24N4O2S/c1-15(21(27)23-14-17-8-6-7-11-19(17)28-2)29-22-25-24-20(16-12-13-16)26(22)18-9-4-3-5-10-18/h3-11,15-16H,12-14H2,1-2H3,(H,23,27). The molecular formula is C22H24N4O2S. The molecule has 1 amide bonds. The summed E-state index contributed by atoms with van der Waals surface area (Å²) in [5.74, 6) is 2.18. The Morgan fingerprint density at radius 3 is 2.62 bits per heavy atom. The quantitative estimate of drug-likeness (QED) is 0.572. The normalized spacial score (nSPS) is 14.4. The minimum Gasteiger partial charge on any atom is -0.496 e. The molecule has 3 aromatic rings. The number of carbonyl (C=O) groups is 1. The first-order valence-electron chi connectivity index (χ1n) is 9.74. The summed E-state index contributed by atoms with van der Waals surface area (Å²) in [6.45, 7) is 2.31. The number of aromatic nitrogens is 3. The van der Waals surface area contributed by atoms with Crippen molar-refractivity contribution in [1.82, 2.24) is 20.1 Å². The first-order chi connectivity index (χ1) is 14.2. The van der Waals surface area contributed by atoms with Crippen LogP contribution >= 0.6 is 11.8 Å². The SMILES string of the molecule is COc1ccccc1CNC(=O)C(C)Sc1nnc(C2CC2)n1-c1ccccc1. The largest absolute Gasteiger partial charge is 0.496 e. The van der Waals surface area contributed by atoms with Gasteiger partial charge in [0, 0.05) is 23.7 Å². The van der Waals surface area contributed by atoms with E-state index in [9.17, 15) is 4.79 Å². The molecule has 1 saturated carbocycles. The van der Waals surface area contributed by atoms with Gasteiger partial charge in [-0.15, -0.1) is 10.2 Å². The number of ether oxygens (including phenoxy) is 1. The van der Waals surface area contributed by atoms with E-state index in [0.717, 1.165) is 40.8 Å². The summed E-state index contributed by atoms with van der Waals surface area (Å²) in [6, 6.07) is 17.8. The molecule has 4 rings (SSSR count). The lowest BCUT2D eigenvalue weighted by Crippen LogP contribution is -2.30. The van der Waals surface area contributed by atoms with Crippen LogP contribution in [0, 0.1) is 0 Å². The molecule has 29 heavy (non-hydrogen) atoms. The molecule has 1 unspecified atom stereocenters. The van der Waals surface area contributed by atoms with Crippen molar-refractivity contribution in [1.29, 1.82) is 0 Å². The highest BCUT2D eigenvalue weighted by molar-refractivity contribution is 8.00. The number of nitrogens with zero attached hydrogens (tertiary/aromatic N) is 3. The molecule has 2 aromatic carbocycles. The molecule has 6 nitrogen and oxygen atoms in total. The van der Waals surface area contributed by atoms with Gasteiger partial charge in [-0.05, 0) is 38.0 Å². The zero-order valence-electron chi connectivity index (χ0n) is 16.5. The van der Waals surface area contributed by atoms with Crippen molar-refractivity contribution in [3.8, 4) is 11.4 Å². The maximum absolute atomic E-state index is 12.7. The minimum absolute atomic E-state index is 0.0449. The minimum atomic E-state index is -0.302. The molecule has 1 aromatic heterocycles. The summed E-state index contributed by atoms with van der Waals surface area (Å²) in [5, 5.41) is 12.3. The molecule has 1 aliphatic rings. The van der Waals surface area contributed by atoms with Gasteiger partial charge in [-0.3, -0.25) is 9.36 Å². The van der Waals surface area contributed by atoms with Crippen molar-refractivity contribution < 1.29 is 9.53 Å². The average molecular weight is 409 g/mol. The van der Waals surface area contributed by atoms with Gasteiger partial charge in [-0.25, -0.2) is 0 Å².